The Morgan fingerprint density at radius 1 is 1.08 bits per heavy atom. The van der Waals surface area contributed by atoms with Crippen molar-refractivity contribution in [1.82, 2.24) is 5.32 Å². The van der Waals surface area contributed by atoms with E-state index in [1.54, 1.807) is 26.4 Å². The van der Waals surface area contributed by atoms with Crippen molar-refractivity contribution in [3.05, 3.63) is 57.6 Å². The molecule has 0 spiro atoms. The van der Waals surface area contributed by atoms with Crippen molar-refractivity contribution in [3.63, 3.8) is 0 Å². The van der Waals surface area contributed by atoms with Crippen LogP contribution in [0.15, 0.2) is 36.4 Å². The summed E-state index contributed by atoms with van der Waals surface area (Å²) in [5, 5.41) is 4.24. The van der Waals surface area contributed by atoms with Gasteiger partial charge in [0.25, 0.3) is 0 Å². The van der Waals surface area contributed by atoms with E-state index in [2.05, 4.69) is 5.32 Å². The summed E-state index contributed by atoms with van der Waals surface area (Å²) >= 11 is 12.1. The molecule has 0 aromatic heterocycles. The summed E-state index contributed by atoms with van der Waals surface area (Å²) in [7, 11) is 3.19. The van der Waals surface area contributed by atoms with Crippen molar-refractivity contribution in [3.8, 4) is 11.5 Å². The number of hydrogen-bond acceptors (Lipinski definition) is 3. The quantitative estimate of drug-likeness (QED) is 0.666. The molecule has 1 atom stereocenters. The van der Waals surface area contributed by atoms with E-state index in [0.717, 1.165) is 17.5 Å². The maximum absolute atomic E-state index is 12.4. The zero-order chi connectivity index (χ0) is 19.1. The van der Waals surface area contributed by atoms with Gasteiger partial charge >= 0.3 is 0 Å². The van der Waals surface area contributed by atoms with Gasteiger partial charge in [-0.2, -0.15) is 0 Å². The molecule has 2 aromatic carbocycles. The average molecular weight is 396 g/mol. The van der Waals surface area contributed by atoms with Gasteiger partial charge in [0, 0.05) is 16.5 Å². The topological polar surface area (TPSA) is 47.6 Å². The van der Waals surface area contributed by atoms with Gasteiger partial charge in [-0.05, 0) is 48.2 Å². The molecular weight excluding hydrogens is 373 g/mol. The number of halogens is 2. The van der Waals surface area contributed by atoms with Crippen LogP contribution in [0.4, 0.5) is 0 Å². The van der Waals surface area contributed by atoms with Gasteiger partial charge in [0.2, 0.25) is 5.91 Å². The summed E-state index contributed by atoms with van der Waals surface area (Å²) in [4.78, 5) is 12.4. The van der Waals surface area contributed by atoms with Crippen LogP contribution >= 0.6 is 23.2 Å². The lowest BCUT2D eigenvalue weighted by Gasteiger charge is -2.19. The number of hydrogen-bond donors (Lipinski definition) is 1. The second kappa shape index (κ2) is 9.70. The van der Waals surface area contributed by atoms with E-state index in [9.17, 15) is 4.79 Å². The highest BCUT2D eigenvalue weighted by Crippen LogP contribution is 2.31. The molecule has 0 aliphatic rings. The van der Waals surface area contributed by atoms with Gasteiger partial charge in [0.15, 0.2) is 11.5 Å². The van der Waals surface area contributed by atoms with Crippen LogP contribution in [-0.4, -0.2) is 20.1 Å². The normalized spacial score (nSPS) is 11.7. The van der Waals surface area contributed by atoms with Crippen molar-refractivity contribution in [2.75, 3.05) is 14.2 Å². The molecule has 0 aliphatic heterocycles. The number of amides is 1. The Labute approximate surface area is 164 Å². The third-order valence-electron chi connectivity index (χ3n) is 4.19. The minimum absolute atomic E-state index is 0.0300. The first-order chi connectivity index (χ1) is 12.5. The summed E-state index contributed by atoms with van der Waals surface area (Å²) in [6, 6.07) is 10.9. The summed E-state index contributed by atoms with van der Waals surface area (Å²) in [5.74, 6) is 1.28. The van der Waals surface area contributed by atoms with E-state index < -0.39 is 0 Å². The van der Waals surface area contributed by atoms with E-state index in [4.69, 9.17) is 32.7 Å². The van der Waals surface area contributed by atoms with E-state index in [0.29, 0.717) is 34.4 Å². The van der Waals surface area contributed by atoms with E-state index in [1.807, 2.05) is 31.2 Å². The first-order valence-corrected chi connectivity index (χ1v) is 9.19. The van der Waals surface area contributed by atoms with E-state index >= 15 is 0 Å². The molecule has 0 saturated carbocycles. The fourth-order valence-electron chi connectivity index (χ4n) is 2.73. The van der Waals surface area contributed by atoms with E-state index in [1.165, 1.54) is 0 Å². The van der Waals surface area contributed by atoms with Crippen molar-refractivity contribution in [1.29, 1.82) is 0 Å². The number of rotatable bonds is 8. The van der Waals surface area contributed by atoms with Gasteiger partial charge in [-0.3, -0.25) is 4.79 Å². The highest BCUT2D eigenvalue weighted by molar-refractivity contribution is 6.35. The molecule has 4 nitrogen and oxygen atoms in total. The molecule has 0 radical (unpaired) electrons. The summed E-state index contributed by atoms with van der Waals surface area (Å²) in [6.45, 7) is 2.03. The number of benzene rings is 2. The Balaban J connectivity index is 2.01. The highest BCUT2D eigenvalue weighted by atomic mass is 35.5. The second-order valence-electron chi connectivity index (χ2n) is 5.88. The Morgan fingerprint density at radius 2 is 1.81 bits per heavy atom. The number of carbonyl (C=O) groups is 1. The average Bonchev–Trinajstić information content (AvgIpc) is 2.64. The summed E-state index contributed by atoms with van der Waals surface area (Å²) < 4.78 is 10.6. The van der Waals surface area contributed by atoms with Gasteiger partial charge < -0.3 is 14.8 Å². The zero-order valence-corrected chi connectivity index (χ0v) is 16.7. The van der Waals surface area contributed by atoms with Crippen molar-refractivity contribution >= 4 is 29.1 Å². The number of nitrogens with one attached hydrogen (secondary N) is 1. The fourth-order valence-corrected chi connectivity index (χ4v) is 3.23. The maximum atomic E-state index is 12.4. The summed E-state index contributed by atoms with van der Waals surface area (Å²) in [5.41, 5.74) is 1.88. The standard InChI is InChI=1S/C20H23Cl2NO3/c1-4-17(14-6-9-18(25-2)19(11-14)26-3)23-20(24)10-7-13-5-8-15(21)12-16(13)22/h5-6,8-9,11-12,17H,4,7,10H2,1-3H3,(H,23,24)/t17-/m1/s1. The molecule has 1 N–H and O–H groups in total. The molecule has 2 aromatic rings. The lowest BCUT2D eigenvalue weighted by atomic mass is 10.0. The molecule has 2 rings (SSSR count). The number of carbonyl (C=O) groups excluding carboxylic acids is 1. The zero-order valence-electron chi connectivity index (χ0n) is 15.1. The molecule has 1 amide bonds. The molecule has 6 heteroatoms. The Kier molecular flexibility index (Phi) is 7.61. The first-order valence-electron chi connectivity index (χ1n) is 8.43. The van der Waals surface area contributed by atoms with Crippen molar-refractivity contribution < 1.29 is 14.3 Å². The predicted octanol–water partition coefficient (Wildman–Crippen LogP) is 5.21. The predicted molar refractivity (Wildman–Crippen MR) is 106 cm³/mol. The Hall–Kier alpha value is -1.91. The SMILES string of the molecule is CC[C@@H](NC(=O)CCc1ccc(Cl)cc1Cl)c1ccc(OC)c(OC)c1. The number of methoxy groups -OCH3 is 2. The molecule has 26 heavy (non-hydrogen) atoms. The van der Waals surface area contributed by atoms with Crippen LogP contribution in [0.1, 0.15) is 36.9 Å². The van der Waals surface area contributed by atoms with Crippen LogP contribution in [-0.2, 0) is 11.2 Å². The number of aryl methyl sites for hydroxylation is 1. The van der Waals surface area contributed by atoms with Gasteiger partial charge in [0.05, 0.1) is 20.3 Å². The third kappa shape index (κ3) is 5.29. The molecule has 0 heterocycles. The molecular formula is C20H23Cl2NO3. The monoisotopic (exact) mass is 395 g/mol. The Bertz CT molecular complexity index is 765. The molecule has 0 unspecified atom stereocenters. The molecule has 0 fully saturated rings. The van der Waals surface area contributed by atoms with Crippen LogP contribution in [0, 0.1) is 0 Å². The molecule has 0 saturated heterocycles. The third-order valence-corrected chi connectivity index (χ3v) is 4.78. The fraction of sp³-hybridized carbons (Fsp3) is 0.350. The summed E-state index contributed by atoms with van der Waals surface area (Å²) in [6.07, 6.45) is 1.68. The molecule has 0 bridgehead atoms. The minimum Gasteiger partial charge on any atom is -0.493 e. The van der Waals surface area contributed by atoms with Crippen LogP contribution in [0.3, 0.4) is 0 Å². The van der Waals surface area contributed by atoms with Gasteiger partial charge in [-0.25, -0.2) is 0 Å². The van der Waals surface area contributed by atoms with Crippen LogP contribution in [0.25, 0.3) is 0 Å². The molecule has 0 aliphatic carbocycles. The van der Waals surface area contributed by atoms with E-state index in [-0.39, 0.29) is 11.9 Å². The lowest BCUT2D eigenvalue weighted by molar-refractivity contribution is -0.121. The van der Waals surface area contributed by atoms with Crippen LogP contribution in [0.2, 0.25) is 10.0 Å². The Morgan fingerprint density at radius 3 is 2.42 bits per heavy atom. The van der Waals surface area contributed by atoms with Crippen LogP contribution in [0.5, 0.6) is 11.5 Å². The highest BCUT2D eigenvalue weighted by Gasteiger charge is 2.15. The smallest absolute Gasteiger partial charge is 0.220 e. The minimum atomic E-state index is -0.0944. The molecule has 140 valence electrons. The number of ether oxygens (including phenoxy) is 2. The van der Waals surface area contributed by atoms with Gasteiger partial charge in [-0.1, -0.05) is 42.3 Å². The maximum Gasteiger partial charge on any atom is 0.220 e. The van der Waals surface area contributed by atoms with Gasteiger partial charge in [0.1, 0.15) is 0 Å². The van der Waals surface area contributed by atoms with Crippen molar-refractivity contribution in [2.24, 2.45) is 0 Å². The second-order valence-corrected chi connectivity index (χ2v) is 6.72. The largest absolute Gasteiger partial charge is 0.493 e. The van der Waals surface area contributed by atoms with Crippen molar-refractivity contribution in [2.45, 2.75) is 32.2 Å². The first kappa shape index (κ1) is 20.4. The lowest BCUT2D eigenvalue weighted by Crippen LogP contribution is -2.28. The van der Waals surface area contributed by atoms with Crippen LogP contribution < -0.4 is 14.8 Å². The van der Waals surface area contributed by atoms with Gasteiger partial charge in [-0.15, -0.1) is 0 Å².